The van der Waals surface area contributed by atoms with Gasteiger partial charge in [-0.2, -0.15) is 0 Å². The number of benzene rings is 1. The van der Waals surface area contributed by atoms with Gasteiger partial charge in [0.25, 0.3) is 0 Å². The smallest absolute Gasteiger partial charge is 0.147 e. The highest BCUT2D eigenvalue weighted by Crippen LogP contribution is 2.13. The van der Waals surface area contributed by atoms with Gasteiger partial charge in [0.2, 0.25) is 0 Å². The molecular weight excluding hydrogens is 168 g/mol. The van der Waals surface area contributed by atoms with Crippen LogP contribution in [0.3, 0.4) is 0 Å². The van der Waals surface area contributed by atoms with Crippen LogP contribution in [-0.2, 0) is 6.42 Å². The molecule has 3 heteroatoms. The van der Waals surface area contributed by atoms with Gasteiger partial charge in [-0.3, -0.25) is 0 Å². The van der Waals surface area contributed by atoms with Crippen molar-refractivity contribution >= 4 is 0 Å². The monoisotopic (exact) mass is 183 g/mol. The van der Waals surface area contributed by atoms with Crippen molar-refractivity contribution in [3.05, 3.63) is 29.8 Å². The summed E-state index contributed by atoms with van der Waals surface area (Å²) in [6.07, 6.45) is 0.746. The molecule has 0 aliphatic heterocycles. The molecule has 0 spiro atoms. The summed E-state index contributed by atoms with van der Waals surface area (Å²) in [5.74, 6) is 0.764. The molecule has 0 aliphatic carbocycles. The summed E-state index contributed by atoms with van der Waals surface area (Å²) < 4.78 is 5.23. The molecule has 0 saturated carbocycles. The molecule has 0 unspecified atom stereocenters. The van der Waals surface area contributed by atoms with E-state index in [9.17, 15) is 0 Å². The molecule has 0 heterocycles. The summed E-state index contributed by atoms with van der Waals surface area (Å²) in [6.45, 7) is 0.746. The average molecular weight is 183 g/mol. The molecule has 0 amide bonds. The molecule has 0 aliphatic rings. The lowest BCUT2D eigenvalue weighted by molar-refractivity contribution is 0.201. The molecule has 1 rings (SSSR count). The fourth-order valence-corrected chi connectivity index (χ4v) is 1.10. The second-order valence-corrected chi connectivity index (χ2v) is 2.72. The van der Waals surface area contributed by atoms with Gasteiger partial charge in [0.1, 0.15) is 19.0 Å². The number of hydrogen-bond acceptors (Lipinski definition) is 2. The minimum Gasteiger partial charge on any atom is -0.491 e. The summed E-state index contributed by atoms with van der Waals surface area (Å²) in [5, 5.41) is 15.6. The Bertz CT molecular complexity index is 248. The SMILES string of the molecule is OCCOc1cccc(CC[OH2+])c1. The number of rotatable bonds is 5. The highest BCUT2D eigenvalue weighted by molar-refractivity contribution is 5.28. The maximum absolute atomic E-state index is 8.55. The third-order valence-electron chi connectivity index (χ3n) is 1.67. The normalized spacial score (nSPS) is 10.0. The van der Waals surface area contributed by atoms with Crippen LogP contribution >= 0.6 is 0 Å². The third kappa shape index (κ3) is 3.44. The Labute approximate surface area is 77.6 Å². The summed E-state index contributed by atoms with van der Waals surface area (Å²) in [6, 6.07) is 7.63. The molecule has 72 valence electrons. The van der Waals surface area contributed by atoms with E-state index in [-0.39, 0.29) is 6.61 Å². The summed E-state index contributed by atoms with van der Waals surface area (Å²) in [5.41, 5.74) is 1.10. The number of aliphatic hydroxyl groups is 1. The Morgan fingerprint density at radius 3 is 2.92 bits per heavy atom. The van der Waals surface area contributed by atoms with Crippen LogP contribution in [0.1, 0.15) is 5.56 Å². The van der Waals surface area contributed by atoms with Crippen LogP contribution in [-0.4, -0.2) is 30.0 Å². The lowest BCUT2D eigenvalue weighted by Gasteiger charge is -2.04. The molecular formula is C10H15O3+. The molecule has 0 aromatic heterocycles. The Balaban J connectivity index is 2.56. The minimum atomic E-state index is 0.0304. The van der Waals surface area contributed by atoms with E-state index >= 15 is 0 Å². The molecule has 1 aromatic carbocycles. The van der Waals surface area contributed by atoms with Gasteiger partial charge in [-0.1, -0.05) is 12.1 Å². The van der Waals surface area contributed by atoms with E-state index in [4.69, 9.17) is 14.9 Å². The first-order valence-corrected chi connectivity index (χ1v) is 4.34. The van der Waals surface area contributed by atoms with Crippen LogP contribution in [0.5, 0.6) is 5.75 Å². The highest BCUT2D eigenvalue weighted by Gasteiger charge is 1.96. The van der Waals surface area contributed by atoms with Crippen LogP contribution in [0.2, 0.25) is 0 Å². The lowest BCUT2D eigenvalue weighted by atomic mass is 10.1. The van der Waals surface area contributed by atoms with E-state index in [0.717, 1.165) is 17.7 Å². The Morgan fingerprint density at radius 2 is 2.23 bits per heavy atom. The predicted molar refractivity (Wildman–Crippen MR) is 51.2 cm³/mol. The minimum absolute atomic E-state index is 0.0304. The van der Waals surface area contributed by atoms with E-state index in [1.807, 2.05) is 24.3 Å². The number of aliphatic hydroxyl groups excluding tert-OH is 1. The fourth-order valence-electron chi connectivity index (χ4n) is 1.10. The van der Waals surface area contributed by atoms with Crippen molar-refractivity contribution in [3.8, 4) is 5.75 Å². The zero-order valence-corrected chi connectivity index (χ0v) is 7.49. The van der Waals surface area contributed by atoms with E-state index in [2.05, 4.69) is 0 Å². The second-order valence-electron chi connectivity index (χ2n) is 2.72. The maximum Gasteiger partial charge on any atom is 0.147 e. The highest BCUT2D eigenvalue weighted by atomic mass is 16.5. The van der Waals surface area contributed by atoms with Gasteiger partial charge >= 0.3 is 0 Å². The topological polar surface area (TPSA) is 52.4 Å². The van der Waals surface area contributed by atoms with Crippen molar-refractivity contribution in [1.82, 2.24) is 0 Å². The van der Waals surface area contributed by atoms with Crippen molar-refractivity contribution in [3.63, 3.8) is 0 Å². The molecule has 1 aromatic rings. The van der Waals surface area contributed by atoms with Crippen molar-refractivity contribution in [1.29, 1.82) is 0 Å². The third-order valence-corrected chi connectivity index (χ3v) is 1.67. The fraction of sp³-hybridized carbons (Fsp3) is 0.400. The van der Waals surface area contributed by atoms with Crippen LogP contribution in [0.25, 0.3) is 0 Å². The van der Waals surface area contributed by atoms with Gasteiger partial charge in [0.15, 0.2) is 0 Å². The van der Waals surface area contributed by atoms with E-state index in [1.165, 1.54) is 0 Å². The Morgan fingerprint density at radius 1 is 1.38 bits per heavy atom. The van der Waals surface area contributed by atoms with Gasteiger partial charge in [-0.05, 0) is 17.7 Å². The lowest BCUT2D eigenvalue weighted by Crippen LogP contribution is -2.02. The Kier molecular flexibility index (Phi) is 4.29. The first-order valence-electron chi connectivity index (χ1n) is 4.34. The van der Waals surface area contributed by atoms with Crippen LogP contribution in [0, 0.1) is 0 Å². The summed E-state index contributed by atoms with van der Waals surface area (Å²) in [4.78, 5) is 0. The maximum atomic E-state index is 8.55. The molecule has 13 heavy (non-hydrogen) atoms. The quantitative estimate of drug-likeness (QED) is 0.668. The van der Waals surface area contributed by atoms with Gasteiger partial charge in [0, 0.05) is 6.42 Å². The molecule has 0 bridgehead atoms. The van der Waals surface area contributed by atoms with Crippen LogP contribution in [0.4, 0.5) is 0 Å². The van der Waals surface area contributed by atoms with E-state index in [1.54, 1.807) is 0 Å². The van der Waals surface area contributed by atoms with Gasteiger partial charge in [0.05, 0.1) is 6.61 Å². The molecule has 0 radical (unpaired) electrons. The molecule has 0 fully saturated rings. The van der Waals surface area contributed by atoms with Crippen molar-refractivity contribution in [2.24, 2.45) is 0 Å². The van der Waals surface area contributed by atoms with Gasteiger partial charge < -0.3 is 14.9 Å². The largest absolute Gasteiger partial charge is 0.491 e. The molecule has 3 N–H and O–H groups in total. The summed E-state index contributed by atoms with van der Waals surface area (Å²) >= 11 is 0. The summed E-state index contributed by atoms with van der Waals surface area (Å²) in [7, 11) is 0. The van der Waals surface area contributed by atoms with Crippen LogP contribution in [0.15, 0.2) is 24.3 Å². The molecule has 0 saturated heterocycles. The van der Waals surface area contributed by atoms with E-state index in [0.29, 0.717) is 13.2 Å². The predicted octanol–water partition coefficient (Wildman–Crippen LogP) is 0.325. The standard InChI is InChI=1S/C10H14O3/c11-5-4-9-2-1-3-10(8-9)13-7-6-12/h1-3,8,11-12H,4-7H2/p+1. The Hall–Kier alpha value is -1.06. The molecule has 3 nitrogen and oxygen atoms in total. The zero-order valence-electron chi connectivity index (χ0n) is 7.49. The number of hydrogen-bond donors (Lipinski definition) is 1. The van der Waals surface area contributed by atoms with Crippen molar-refractivity contribution in [2.75, 3.05) is 19.8 Å². The van der Waals surface area contributed by atoms with Crippen molar-refractivity contribution < 1.29 is 14.9 Å². The average Bonchev–Trinajstić information content (AvgIpc) is 2.16. The first kappa shape index (κ1) is 10.0. The number of ether oxygens (including phenoxy) is 1. The van der Waals surface area contributed by atoms with Gasteiger partial charge in [-0.25, -0.2) is 0 Å². The van der Waals surface area contributed by atoms with Crippen LogP contribution < -0.4 is 4.74 Å². The first-order chi connectivity index (χ1) is 6.36. The van der Waals surface area contributed by atoms with E-state index < -0.39 is 0 Å². The molecule has 0 atom stereocenters. The second kappa shape index (κ2) is 5.56. The van der Waals surface area contributed by atoms with Gasteiger partial charge in [-0.15, -0.1) is 0 Å². The van der Waals surface area contributed by atoms with Crippen molar-refractivity contribution in [2.45, 2.75) is 6.42 Å². The zero-order chi connectivity index (χ0) is 9.52.